The number of carbonyl (C=O) groups is 1. The van der Waals surface area contributed by atoms with Gasteiger partial charge in [-0.05, 0) is 12.1 Å². The van der Waals surface area contributed by atoms with Gasteiger partial charge in [0.05, 0.1) is 5.69 Å². The molecule has 2 amide bonds. The van der Waals surface area contributed by atoms with Gasteiger partial charge in [0.15, 0.2) is 11.5 Å². The molecule has 0 aliphatic rings. The van der Waals surface area contributed by atoms with Gasteiger partial charge in [-0.1, -0.05) is 0 Å². The van der Waals surface area contributed by atoms with Gasteiger partial charge < -0.3 is 15.9 Å². The van der Waals surface area contributed by atoms with Gasteiger partial charge in [-0.3, -0.25) is 0 Å². The molecule has 0 unspecified atom stereocenters. The smallest absolute Gasteiger partial charge is 0.326 e. The van der Waals surface area contributed by atoms with Crippen molar-refractivity contribution in [3.63, 3.8) is 0 Å². The van der Waals surface area contributed by atoms with Crippen LogP contribution in [-0.4, -0.2) is 31.4 Å². The summed E-state index contributed by atoms with van der Waals surface area (Å²) in [5.41, 5.74) is 5.46. The number of aromatic hydroxyl groups is 2. The van der Waals surface area contributed by atoms with Crippen LogP contribution in [0.5, 0.6) is 11.5 Å². The van der Waals surface area contributed by atoms with Crippen molar-refractivity contribution in [1.29, 1.82) is 0 Å². The number of rotatable bonds is 2. The molecule has 0 radical (unpaired) electrons. The molecule has 2 rings (SSSR count). The number of nitrogens with zero attached hydrogens (tertiary/aromatic N) is 3. The van der Waals surface area contributed by atoms with E-state index in [1.54, 1.807) is 0 Å². The van der Waals surface area contributed by atoms with E-state index >= 15 is 0 Å². The molecule has 17 heavy (non-hydrogen) atoms. The van der Waals surface area contributed by atoms with Gasteiger partial charge >= 0.3 is 6.03 Å². The van der Waals surface area contributed by atoms with E-state index in [1.807, 2.05) is 0 Å². The van der Waals surface area contributed by atoms with Crippen molar-refractivity contribution >= 4 is 17.7 Å². The summed E-state index contributed by atoms with van der Waals surface area (Å²) in [6, 6.07) is 3.02. The molecule has 1 aromatic heterocycles. The van der Waals surface area contributed by atoms with Crippen molar-refractivity contribution in [3.8, 4) is 11.5 Å². The van der Waals surface area contributed by atoms with E-state index in [4.69, 9.17) is 5.73 Å². The number of aromatic nitrogens is 3. The maximum atomic E-state index is 11.3. The van der Waals surface area contributed by atoms with Crippen LogP contribution in [0.3, 0.4) is 0 Å². The summed E-state index contributed by atoms with van der Waals surface area (Å²) in [6.07, 6.45) is 1.21. The second kappa shape index (κ2) is 4.00. The molecule has 0 saturated carbocycles. The fourth-order valence-corrected chi connectivity index (χ4v) is 1.31. The Bertz CT molecular complexity index is 540. The highest BCUT2D eigenvalue weighted by atomic mass is 16.3. The summed E-state index contributed by atoms with van der Waals surface area (Å²) in [5.74, 6) is -0.549. The van der Waals surface area contributed by atoms with Crippen LogP contribution in [0, 0.1) is 0 Å². The minimum Gasteiger partial charge on any atom is -0.504 e. The first kappa shape index (κ1) is 10.7. The number of hydrogen-bond acceptors (Lipinski definition) is 5. The zero-order chi connectivity index (χ0) is 12.4. The van der Waals surface area contributed by atoms with Gasteiger partial charge in [0.1, 0.15) is 6.33 Å². The zero-order valence-electron chi connectivity index (χ0n) is 8.53. The third-order valence-electron chi connectivity index (χ3n) is 2.05. The van der Waals surface area contributed by atoms with Gasteiger partial charge in [-0.2, -0.15) is 10.1 Å². The number of phenols is 2. The Balaban J connectivity index is 2.47. The Labute approximate surface area is 95.3 Å². The fraction of sp³-hybridized carbons (Fsp3) is 0. The van der Waals surface area contributed by atoms with Crippen LogP contribution in [0.15, 0.2) is 24.5 Å². The summed E-state index contributed by atoms with van der Waals surface area (Å²) >= 11 is 0. The predicted molar refractivity (Wildman–Crippen MR) is 57.9 cm³/mol. The van der Waals surface area contributed by atoms with Crippen molar-refractivity contribution in [2.75, 3.05) is 4.90 Å². The van der Waals surface area contributed by atoms with Crippen molar-refractivity contribution < 1.29 is 15.0 Å². The number of carbonyl (C=O) groups excluding carboxylic acids is 1. The highest BCUT2D eigenvalue weighted by molar-refractivity contribution is 5.96. The molecular weight excluding hydrogens is 226 g/mol. The number of hydrogen-bond donors (Lipinski definition) is 4. The van der Waals surface area contributed by atoms with Gasteiger partial charge in [0, 0.05) is 6.07 Å². The number of nitrogens with two attached hydrogens (primary N) is 1. The number of anilines is 2. The Hall–Kier alpha value is -2.77. The zero-order valence-corrected chi connectivity index (χ0v) is 8.53. The Morgan fingerprint density at radius 3 is 2.65 bits per heavy atom. The third-order valence-corrected chi connectivity index (χ3v) is 2.05. The molecule has 0 aliphatic heterocycles. The predicted octanol–water partition coefficient (Wildman–Crippen LogP) is 0.433. The van der Waals surface area contributed by atoms with Crippen LogP contribution in [0.1, 0.15) is 0 Å². The molecule has 88 valence electrons. The molecule has 0 fully saturated rings. The molecule has 2 aromatic rings. The number of H-pyrrole nitrogens is 1. The first-order chi connectivity index (χ1) is 8.09. The molecule has 0 bridgehead atoms. The Morgan fingerprint density at radius 2 is 2.12 bits per heavy atom. The lowest BCUT2D eigenvalue weighted by molar-refractivity contribution is 0.256. The van der Waals surface area contributed by atoms with E-state index in [2.05, 4.69) is 15.2 Å². The largest absolute Gasteiger partial charge is 0.504 e. The summed E-state index contributed by atoms with van der Waals surface area (Å²) in [7, 11) is 0. The SMILES string of the molecule is NC(=O)N(c1ccc(O)c(O)c1)c1ncn[nH]1. The van der Waals surface area contributed by atoms with E-state index in [-0.39, 0.29) is 23.1 Å². The molecule has 1 heterocycles. The van der Waals surface area contributed by atoms with Crippen molar-refractivity contribution in [1.82, 2.24) is 15.2 Å². The molecule has 5 N–H and O–H groups in total. The topological polar surface area (TPSA) is 128 Å². The highest BCUT2D eigenvalue weighted by Gasteiger charge is 2.18. The number of phenolic OH excluding ortho intramolecular Hbond substituents is 2. The summed E-state index contributed by atoms with van der Waals surface area (Å²) in [5, 5.41) is 24.6. The number of primary amides is 1. The summed E-state index contributed by atoms with van der Waals surface area (Å²) in [4.78, 5) is 16.1. The first-order valence-corrected chi connectivity index (χ1v) is 4.56. The first-order valence-electron chi connectivity index (χ1n) is 4.56. The number of urea groups is 1. The highest BCUT2D eigenvalue weighted by Crippen LogP contribution is 2.31. The molecule has 8 heteroatoms. The average molecular weight is 235 g/mol. The molecule has 0 atom stereocenters. The fourth-order valence-electron chi connectivity index (χ4n) is 1.31. The minimum atomic E-state index is -0.799. The third kappa shape index (κ3) is 1.95. The van der Waals surface area contributed by atoms with Crippen LogP contribution in [-0.2, 0) is 0 Å². The van der Waals surface area contributed by atoms with E-state index in [0.717, 1.165) is 4.90 Å². The number of aromatic amines is 1. The molecule has 1 aromatic carbocycles. The number of benzene rings is 1. The quantitative estimate of drug-likeness (QED) is 0.561. The lowest BCUT2D eigenvalue weighted by Crippen LogP contribution is -2.32. The van der Waals surface area contributed by atoms with E-state index < -0.39 is 6.03 Å². The maximum Gasteiger partial charge on any atom is 0.326 e. The lowest BCUT2D eigenvalue weighted by atomic mass is 10.2. The van der Waals surface area contributed by atoms with Crippen molar-refractivity contribution in [2.45, 2.75) is 0 Å². The molecule has 0 spiro atoms. The lowest BCUT2D eigenvalue weighted by Gasteiger charge is -2.17. The van der Waals surface area contributed by atoms with Crippen LogP contribution < -0.4 is 10.6 Å². The number of nitrogens with one attached hydrogen (secondary N) is 1. The van der Waals surface area contributed by atoms with Gasteiger partial charge in [-0.25, -0.2) is 14.8 Å². The second-order valence-corrected chi connectivity index (χ2v) is 3.16. The normalized spacial score (nSPS) is 10.1. The summed E-state index contributed by atoms with van der Waals surface area (Å²) < 4.78 is 0. The minimum absolute atomic E-state index is 0.114. The summed E-state index contributed by atoms with van der Waals surface area (Å²) in [6.45, 7) is 0. The van der Waals surface area contributed by atoms with Crippen molar-refractivity contribution in [3.05, 3.63) is 24.5 Å². The van der Waals surface area contributed by atoms with E-state index in [1.165, 1.54) is 24.5 Å². The van der Waals surface area contributed by atoms with Gasteiger partial charge in [0.2, 0.25) is 5.95 Å². The molecular formula is C9H9N5O3. The second-order valence-electron chi connectivity index (χ2n) is 3.16. The molecule has 0 aliphatic carbocycles. The van der Waals surface area contributed by atoms with Crippen LogP contribution in [0.25, 0.3) is 0 Å². The van der Waals surface area contributed by atoms with Crippen LogP contribution >= 0.6 is 0 Å². The molecule has 8 nitrogen and oxygen atoms in total. The van der Waals surface area contributed by atoms with Crippen molar-refractivity contribution in [2.24, 2.45) is 5.73 Å². The standard InChI is InChI=1S/C9H9N5O3/c10-8(17)14(9-11-4-12-13-9)5-1-2-6(15)7(16)3-5/h1-4,15-16H,(H2,10,17)(H,11,12,13). The molecule has 0 saturated heterocycles. The van der Waals surface area contributed by atoms with E-state index in [9.17, 15) is 15.0 Å². The Morgan fingerprint density at radius 1 is 1.35 bits per heavy atom. The number of amides is 2. The van der Waals surface area contributed by atoms with Gasteiger partial charge in [0.25, 0.3) is 0 Å². The van der Waals surface area contributed by atoms with Gasteiger partial charge in [-0.15, -0.1) is 0 Å². The van der Waals surface area contributed by atoms with E-state index in [0.29, 0.717) is 0 Å². The monoisotopic (exact) mass is 235 g/mol. The van der Waals surface area contributed by atoms with Crippen LogP contribution in [0.4, 0.5) is 16.4 Å². The maximum absolute atomic E-state index is 11.3. The van der Waals surface area contributed by atoms with Crippen LogP contribution in [0.2, 0.25) is 0 Å². The average Bonchev–Trinajstić information content (AvgIpc) is 2.76. The Kier molecular flexibility index (Phi) is 2.53.